The lowest BCUT2D eigenvalue weighted by Crippen LogP contribution is -2.26. The molecule has 2 aromatic rings. The first kappa shape index (κ1) is 22.7. The molecular formula is C19H22Cl3NO2S2. The summed E-state index contributed by atoms with van der Waals surface area (Å²) in [5.74, 6) is 0.628. The lowest BCUT2D eigenvalue weighted by atomic mass is 9.97. The molecule has 148 valence electrons. The highest BCUT2D eigenvalue weighted by Crippen LogP contribution is 2.40. The average molecular weight is 467 g/mol. The van der Waals surface area contributed by atoms with E-state index in [0.717, 1.165) is 30.4 Å². The van der Waals surface area contributed by atoms with Gasteiger partial charge in [-0.25, -0.2) is 12.1 Å². The lowest BCUT2D eigenvalue weighted by molar-refractivity contribution is 0.592. The standard InChI is InChI=1S/C19H22Cl3NO2S2/c1-4-6-13(3)16-9-7-15(21)12-19(16)27(24,25)23(26-5-2)18-11-14(20)8-10-17(18)22/h7-13H,4-6H2,1-3H3/t13-/m1/s1. The largest absolute Gasteiger partial charge is 0.274 e. The number of hydrogen-bond donors (Lipinski definition) is 0. The van der Waals surface area contributed by atoms with Crippen LogP contribution in [0.2, 0.25) is 15.1 Å². The van der Waals surface area contributed by atoms with E-state index in [2.05, 4.69) is 6.92 Å². The van der Waals surface area contributed by atoms with Crippen molar-refractivity contribution in [3.8, 4) is 0 Å². The van der Waals surface area contributed by atoms with Gasteiger partial charge in [0.15, 0.2) is 0 Å². The number of rotatable bonds is 8. The molecule has 27 heavy (non-hydrogen) atoms. The number of anilines is 1. The predicted octanol–water partition coefficient (Wildman–Crippen LogP) is 7.41. The zero-order valence-electron chi connectivity index (χ0n) is 15.4. The fraction of sp³-hybridized carbons (Fsp3) is 0.368. The molecule has 8 heteroatoms. The molecule has 1 atom stereocenters. The highest BCUT2D eigenvalue weighted by atomic mass is 35.5. The molecule has 0 heterocycles. The second-order valence-electron chi connectivity index (χ2n) is 6.12. The number of hydrogen-bond acceptors (Lipinski definition) is 3. The summed E-state index contributed by atoms with van der Waals surface area (Å²) in [5.41, 5.74) is 1.09. The van der Waals surface area contributed by atoms with E-state index >= 15 is 0 Å². The van der Waals surface area contributed by atoms with E-state index < -0.39 is 10.0 Å². The highest BCUT2D eigenvalue weighted by molar-refractivity contribution is 8.14. The second kappa shape index (κ2) is 9.75. The Bertz CT molecular complexity index is 904. The van der Waals surface area contributed by atoms with Crippen LogP contribution < -0.4 is 3.71 Å². The van der Waals surface area contributed by atoms with Crippen LogP contribution in [0.5, 0.6) is 0 Å². The van der Waals surface area contributed by atoms with Crippen LogP contribution in [0.25, 0.3) is 0 Å². The Morgan fingerprint density at radius 3 is 2.30 bits per heavy atom. The molecular weight excluding hydrogens is 445 g/mol. The van der Waals surface area contributed by atoms with Crippen LogP contribution >= 0.6 is 46.8 Å². The van der Waals surface area contributed by atoms with Gasteiger partial charge >= 0.3 is 0 Å². The van der Waals surface area contributed by atoms with Gasteiger partial charge < -0.3 is 0 Å². The van der Waals surface area contributed by atoms with Crippen molar-refractivity contribution in [1.82, 2.24) is 0 Å². The number of halogens is 3. The summed E-state index contributed by atoms with van der Waals surface area (Å²) < 4.78 is 28.5. The first-order valence-corrected chi connectivity index (χ1v) is 12.2. The average Bonchev–Trinajstić information content (AvgIpc) is 2.62. The van der Waals surface area contributed by atoms with Gasteiger partial charge in [0.1, 0.15) is 0 Å². The van der Waals surface area contributed by atoms with Crippen molar-refractivity contribution in [1.29, 1.82) is 0 Å². The maximum absolute atomic E-state index is 13.6. The van der Waals surface area contributed by atoms with Crippen LogP contribution in [0.3, 0.4) is 0 Å². The van der Waals surface area contributed by atoms with E-state index in [1.54, 1.807) is 30.3 Å². The summed E-state index contributed by atoms with van der Waals surface area (Å²) >= 11 is 19.7. The molecule has 0 fully saturated rings. The monoisotopic (exact) mass is 465 g/mol. The fourth-order valence-electron chi connectivity index (χ4n) is 2.83. The summed E-state index contributed by atoms with van der Waals surface area (Å²) in [6.07, 6.45) is 1.83. The molecule has 0 aliphatic carbocycles. The Morgan fingerprint density at radius 1 is 1.04 bits per heavy atom. The van der Waals surface area contributed by atoms with E-state index in [1.807, 2.05) is 13.8 Å². The molecule has 0 saturated heterocycles. The van der Waals surface area contributed by atoms with Gasteiger partial charge in [0.05, 0.1) is 15.6 Å². The minimum absolute atomic E-state index is 0.0837. The SMILES string of the molecule is CCC[C@@H](C)c1ccc(Cl)cc1S(=O)(=O)N(SCC)c1cc(Cl)ccc1Cl. The summed E-state index contributed by atoms with van der Waals surface area (Å²) in [4.78, 5) is 0.202. The van der Waals surface area contributed by atoms with E-state index in [-0.39, 0.29) is 10.8 Å². The summed E-state index contributed by atoms with van der Waals surface area (Å²) in [7, 11) is -3.90. The first-order chi connectivity index (χ1) is 12.7. The maximum Gasteiger partial charge on any atom is 0.274 e. The van der Waals surface area contributed by atoms with Gasteiger partial charge in [0.2, 0.25) is 0 Å². The van der Waals surface area contributed by atoms with Gasteiger partial charge in [-0.3, -0.25) is 0 Å². The lowest BCUT2D eigenvalue weighted by Gasteiger charge is -2.26. The maximum atomic E-state index is 13.6. The Morgan fingerprint density at radius 2 is 1.67 bits per heavy atom. The molecule has 0 bridgehead atoms. The minimum atomic E-state index is -3.90. The van der Waals surface area contributed by atoms with E-state index in [1.165, 1.54) is 9.78 Å². The first-order valence-electron chi connectivity index (χ1n) is 8.65. The number of sulfonamides is 1. The smallest absolute Gasteiger partial charge is 0.206 e. The van der Waals surface area contributed by atoms with Crippen LogP contribution in [-0.4, -0.2) is 14.2 Å². The summed E-state index contributed by atoms with van der Waals surface area (Å²) in [6.45, 7) is 5.98. The van der Waals surface area contributed by atoms with Gasteiger partial charge in [-0.1, -0.05) is 68.1 Å². The van der Waals surface area contributed by atoms with Crippen molar-refractivity contribution in [3.05, 3.63) is 57.0 Å². The van der Waals surface area contributed by atoms with Gasteiger partial charge in [-0.05, 0) is 60.2 Å². The van der Waals surface area contributed by atoms with E-state index in [0.29, 0.717) is 26.5 Å². The third-order valence-corrected chi connectivity index (χ3v) is 8.00. The van der Waals surface area contributed by atoms with Crippen molar-refractivity contribution >= 4 is 62.5 Å². The molecule has 0 radical (unpaired) electrons. The molecule has 2 rings (SSSR count). The van der Waals surface area contributed by atoms with Gasteiger partial charge in [0.25, 0.3) is 10.0 Å². The normalized spacial score (nSPS) is 12.8. The van der Waals surface area contributed by atoms with Crippen LogP contribution in [0.1, 0.15) is 45.1 Å². The van der Waals surface area contributed by atoms with Gasteiger partial charge in [0, 0.05) is 15.8 Å². The minimum Gasteiger partial charge on any atom is -0.206 e. The second-order valence-corrected chi connectivity index (χ2v) is 10.6. The predicted molar refractivity (Wildman–Crippen MR) is 119 cm³/mol. The number of benzene rings is 2. The van der Waals surface area contributed by atoms with Crippen molar-refractivity contribution in [2.45, 2.75) is 44.4 Å². The fourth-order valence-corrected chi connectivity index (χ4v) is 6.60. The highest BCUT2D eigenvalue weighted by Gasteiger charge is 2.31. The zero-order valence-corrected chi connectivity index (χ0v) is 19.3. The molecule has 0 spiro atoms. The van der Waals surface area contributed by atoms with Crippen molar-refractivity contribution in [2.75, 3.05) is 9.46 Å². The Labute approximate surface area is 181 Å². The molecule has 0 saturated carbocycles. The molecule has 0 aliphatic rings. The molecule has 2 aromatic carbocycles. The topological polar surface area (TPSA) is 37.4 Å². The van der Waals surface area contributed by atoms with Crippen molar-refractivity contribution < 1.29 is 8.42 Å². The molecule has 0 unspecified atom stereocenters. The quantitative estimate of drug-likeness (QED) is 0.380. The van der Waals surface area contributed by atoms with Crippen molar-refractivity contribution in [3.63, 3.8) is 0 Å². The summed E-state index contributed by atoms with van der Waals surface area (Å²) in [6, 6.07) is 9.82. The van der Waals surface area contributed by atoms with E-state index in [4.69, 9.17) is 34.8 Å². The Hall–Kier alpha value is -0.590. The van der Waals surface area contributed by atoms with Crippen LogP contribution in [0.4, 0.5) is 5.69 Å². The third-order valence-electron chi connectivity index (χ3n) is 4.08. The van der Waals surface area contributed by atoms with E-state index in [9.17, 15) is 8.42 Å². The zero-order chi connectivity index (χ0) is 20.2. The van der Waals surface area contributed by atoms with Crippen LogP contribution in [0, 0.1) is 0 Å². The number of nitrogens with zero attached hydrogens (tertiary/aromatic N) is 1. The Kier molecular flexibility index (Phi) is 8.19. The van der Waals surface area contributed by atoms with Crippen LogP contribution in [0.15, 0.2) is 41.3 Å². The molecule has 0 amide bonds. The molecule has 0 aromatic heterocycles. The third kappa shape index (κ3) is 5.27. The van der Waals surface area contributed by atoms with Crippen LogP contribution in [-0.2, 0) is 10.0 Å². The van der Waals surface area contributed by atoms with Gasteiger partial charge in [-0.15, -0.1) is 0 Å². The molecule has 3 nitrogen and oxygen atoms in total. The molecule has 0 N–H and O–H groups in total. The van der Waals surface area contributed by atoms with Gasteiger partial charge in [-0.2, -0.15) is 0 Å². The Balaban J connectivity index is 2.67. The summed E-state index contributed by atoms with van der Waals surface area (Å²) in [5, 5.41) is 1.10. The van der Waals surface area contributed by atoms with Crippen molar-refractivity contribution in [2.24, 2.45) is 0 Å². The molecule has 0 aliphatic heterocycles.